The van der Waals surface area contributed by atoms with E-state index in [9.17, 15) is 0 Å². The quantitative estimate of drug-likeness (QED) is 0.772. The molecule has 1 unspecified atom stereocenters. The van der Waals surface area contributed by atoms with Crippen LogP contribution in [-0.4, -0.2) is 13.2 Å². The van der Waals surface area contributed by atoms with E-state index in [0.29, 0.717) is 6.10 Å². The summed E-state index contributed by atoms with van der Waals surface area (Å²) in [6.45, 7) is 6.05. The monoisotopic (exact) mass is 227 g/mol. The molecule has 3 heteroatoms. The minimum Gasteiger partial charge on any atom is -0.373 e. The zero-order valence-corrected chi connectivity index (χ0v) is 10.7. The summed E-state index contributed by atoms with van der Waals surface area (Å²) in [5, 5.41) is 3.15. The van der Waals surface area contributed by atoms with Crippen molar-refractivity contribution in [2.24, 2.45) is 0 Å². The van der Waals surface area contributed by atoms with Gasteiger partial charge in [-0.2, -0.15) is 0 Å². The Hall–Kier alpha value is -0.380. The summed E-state index contributed by atoms with van der Waals surface area (Å²) < 4.78 is 5.75. The van der Waals surface area contributed by atoms with Crippen molar-refractivity contribution in [2.75, 3.05) is 7.05 Å². The highest BCUT2D eigenvalue weighted by Crippen LogP contribution is 2.18. The minimum absolute atomic E-state index is 0.379. The van der Waals surface area contributed by atoms with Crippen LogP contribution in [0, 0.1) is 0 Å². The van der Waals surface area contributed by atoms with Gasteiger partial charge in [-0.25, -0.2) is 0 Å². The molecule has 1 aromatic rings. The molecule has 0 aliphatic heterocycles. The third-order valence-corrected chi connectivity index (χ3v) is 3.33. The van der Waals surface area contributed by atoms with Gasteiger partial charge in [-0.3, -0.25) is 0 Å². The molecule has 0 aliphatic rings. The Bertz CT molecular complexity index is 272. The van der Waals surface area contributed by atoms with Crippen molar-refractivity contribution in [2.45, 2.75) is 45.9 Å². The molecule has 1 aromatic heterocycles. The van der Waals surface area contributed by atoms with Gasteiger partial charge < -0.3 is 10.1 Å². The lowest BCUT2D eigenvalue weighted by Crippen LogP contribution is -2.06. The van der Waals surface area contributed by atoms with E-state index in [1.54, 1.807) is 0 Å². The predicted octanol–water partition coefficient (Wildman–Crippen LogP) is 3.17. The molecule has 0 saturated heterocycles. The molecule has 0 fully saturated rings. The first-order chi connectivity index (χ1) is 7.26. The third kappa shape index (κ3) is 4.78. The molecule has 0 aliphatic carbocycles. The Morgan fingerprint density at radius 3 is 2.80 bits per heavy atom. The number of hydrogen-bond acceptors (Lipinski definition) is 3. The summed E-state index contributed by atoms with van der Waals surface area (Å²) in [5.74, 6) is 0. The van der Waals surface area contributed by atoms with Crippen LogP contribution in [-0.2, 0) is 17.9 Å². The zero-order valence-electron chi connectivity index (χ0n) is 9.88. The summed E-state index contributed by atoms with van der Waals surface area (Å²) in [6, 6.07) is 4.33. The van der Waals surface area contributed by atoms with Gasteiger partial charge in [0.15, 0.2) is 0 Å². The van der Waals surface area contributed by atoms with Crippen molar-refractivity contribution >= 4 is 11.3 Å². The summed E-state index contributed by atoms with van der Waals surface area (Å²) in [4.78, 5) is 2.70. The first-order valence-corrected chi connectivity index (χ1v) is 6.41. The largest absolute Gasteiger partial charge is 0.373 e. The van der Waals surface area contributed by atoms with Crippen LogP contribution in [0.25, 0.3) is 0 Å². The van der Waals surface area contributed by atoms with Crippen LogP contribution in [0.2, 0.25) is 0 Å². The highest BCUT2D eigenvalue weighted by Gasteiger charge is 2.03. The highest BCUT2D eigenvalue weighted by atomic mass is 32.1. The molecular weight excluding hydrogens is 206 g/mol. The van der Waals surface area contributed by atoms with Crippen molar-refractivity contribution in [3.05, 3.63) is 21.9 Å². The van der Waals surface area contributed by atoms with Crippen LogP contribution >= 0.6 is 11.3 Å². The first kappa shape index (κ1) is 12.7. The second-order valence-corrected chi connectivity index (χ2v) is 5.06. The maximum absolute atomic E-state index is 5.75. The Labute approximate surface area is 96.7 Å². The van der Waals surface area contributed by atoms with Crippen molar-refractivity contribution in [1.29, 1.82) is 0 Å². The summed E-state index contributed by atoms with van der Waals surface area (Å²) in [6.07, 6.45) is 2.72. The van der Waals surface area contributed by atoms with Gasteiger partial charge in [0.05, 0.1) is 12.7 Å². The number of hydrogen-bond donors (Lipinski definition) is 1. The SMILES string of the molecule is CCCC(C)OCc1ccc(CNC)s1. The highest BCUT2D eigenvalue weighted by molar-refractivity contribution is 7.11. The van der Waals surface area contributed by atoms with Gasteiger partial charge in [0.25, 0.3) is 0 Å². The lowest BCUT2D eigenvalue weighted by atomic mass is 10.2. The topological polar surface area (TPSA) is 21.3 Å². The lowest BCUT2D eigenvalue weighted by Gasteiger charge is -2.10. The predicted molar refractivity (Wildman–Crippen MR) is 66.2 cm³/mol. The Balaban J connectivity index is 2.30. The molecule has 86 valence electrons. The lowest BCUT2D eigenvalue weighted by molar-refractivity contribution is 0.0488. The van der Waals surface area contributed by atoms with Crippen LogP contribution in [0.5, 0.6) is 0 Å². The number of rotatable bonds is 7. The molecule has 2 nitrogen and oxygen atoms in total. The van der Waals surface area contributed by atoms with Gasteiger partial charge in [0.2, 0.25) is 0 Å². The fourth-order valence-corrected chi connectivity index (χ4v) is 2.44. The smallest absolute Gasteiger partial charge is 0.0813 e. The number of nitrogens with one attached hydrogen (secondary N) is 1. The van der Waals surface area contributed by atoms with Crippen LogP contribution < -0.4 is 5.32 Å². The minimum atomic E-state index is 0.379. The zero-order chi connectivity index (χ0) is 11.1. The van der Waals surface area contributed by atoms with Gasteiger partial charge in [0.1, 0.15) is 0 Å². The van der Waals surface area contributed by atoms with E-state index >= 15 is 0 Å². The van der Waals surface area contributed by atoms with Crippen LogP contribution in [0.3, 0.4) is 0 Å². The molecule has 1 atom stereocenters. The van der Waals surface area contributed by atoms with Gasteiger partial charge in [-0.05, 0) is 32.5 Å². The molecular formula is C12H21NOS. The van der Waals surface area contributed by atoms with Crippen LogP contribution in [0.15, 0.2) is 12.1 Å². The summed E-state index contributed by atoms with van der Waals surface area (Å²) in [5.41, 5.74) is 0. The van der Waals surface area contributed by atoms with Crippen LogP contribution in [0.1, 0.15) is 36.4 Å². The van der Waals surface area contributed by atoms with Gasteiger partial charge in [0, 0.05) is 16.3 Å². The normalized spacial score (nSPS) is 13.0. The average Bonchev–Trinajstić information content (AvgIpc) is 2.64. The van der Waals surface area contributed by atoms with E-state index in [-0.39, 0.29) is 0 Å². The summed E-state index contributed by atoms with van der Waals surface area (Å²) >= 11 is 1.83. The molecule has 0 bridgehead atoms. The second-order valence-electron chi connectivity index (χ2n) is 3.81. The van der Waals surface area contributed by atoms with Crippen molar-refractivity contribution in [3.8, 4) is 0 Å². The number of thiophene rings is 1. The third-order valence-electron chi connectivity index (χ3n) is 2.27. The molecule has 0 aromatic carbocycles. The average molecular weight is 227 g/mol. The molecule has 0 saturated carbocycles. The maximum Gasteiger partial charge on any atom is 0.0813 e. The fourth-order valence-electron chi connectivity index (χ4n) is 1.48. The molecule has 0 spiro atoms. The van der Waals surface area contributed by atoms with E-state index in [0.717, 1.165) is 19.6 Å². The number of ether oxygens (including phenoxy) is 1. The molecule has 1 heterocycles. The van der Waals surface area contributed by atoms with E-state index in [4.69, 9.17) is 4.74 Å². The van der Waals surface area contributed by atoms with E-state index in [2.05, 4.69) is 31.3 Å². The van der Waals surface area contributed by atoms with Gasteiger partial charge >= 0.3 is 0 Å². The Kier molecular flexibility index (Phi) is 5.91. The molecule has 0 amide bonds. The van der Waals surface area contributed by atoms with Crippen molar-refractivity contribution in [3.63, 3.8) is 0 Å². The van der Waals surface area contributed by atoms with Gasteiger partial charge in [-0.15, -0.1) is 11.3 Å². The van der Waals surface area contributed by atoms with Crippen LogP contribution in [0.4, 0.5) is 0 Å². The molecule has 1 N–H and O–H groups in total. The molecule has 1 rings (SSSR count). The maximum atomic E-state index is 5.75. The van der Waals surface area contributed by atoms with Crippen molar-refractivity contribution in [1.82, 2.24) is 5.32 Å². The van der Waals surface area contributed by atoms with Crippen molar-refractivity contribution < 1.29 is 4.74 Å². The fraction of sp³-hybridized carbons (Fsp3) is 0.667. The Morgan fingerprint density at radius 1 is 1.40 bits per heavy atom. The molecule has 0 radical (unpaired) electrons. The second kappa shape index (κ2) is 6.99. The first-order valence-electron chi connectivity index (χ1n) is 5.60. The van der Waals surface area contributed by atoms with E-state index < -0.39 is 0 Å². The van der Waals surface area contributed by atoms with E-state index in [1.807, 2.05) is 18.4 Å². The van der Waals surface area contributed by atoms with E-state index in [1.165, 1.54) is 16.2 Å². The van der Waals surface area contributed by atoms with Gasteiger partial charge in [-0.1, -0.05) is 13.3 Å². The standard InChI is InChI=1S/C12H21NOS/c1-4-5-10(2)14-9-12-7-6-11(15-12)8-13-3/h6-7,10,13H,4-5,8-9H2,1-3H3. The Morgan fingerprint density at radius 2 is 2.13 bits per heavy atom. The molecule has 15 heavy (non-hydrogen) atoms. The summed E-state index contributed by atoms with van der Waals surface area (Å²) in [7, 11) is 1.97.